The minimum absolute atomic E-state index is 0.0142. The van der Waals surface area contributed by atoms with Crippen LogP contribution in [0.3, 0.4) is 0 Å². The highest BCUT2D eigenvalue weighted by atomic mass is 16.6. The van der Waals surface area contributed by atoms with Crippen molar-refractivity contribution >= 4 is 17.4 Å². The van der Waals surface area contributed by atoms with E-state index in [-0.39, 0.29) is 17.4 Å². The number of allylic oxidation sites excluding steroid dienone is 3. The second kappa shape index (κ2) is 8.90. The lowest BCUT2D eigenvalue weighted by atomic mass is 9.71. The number of nitrogens with one attached hydrogen (secondary N) is 1. The van der Waals surface area contributed by atoms with Crippen LogP contribution in [-0.4, -0.2) is 30.9 Å². The summed E-state index contributed by atoms with van der Waals surface area (Å²) in [5, 5.41) is 14.4. The topological polar surface area (TPSA) is 108 Å². The Hall–Kier alpha value is -3.94. The van der Waals surface area contributed by atoms with Gasteiger partial charge in [-0.3, -0.25) is 14.9 Å². The number of dihydropyridines is 1. The zero-order valence-corrected chi connectivity index (χ0v) is 18.6. The van der Waals surface area contributed by atoms with Crippen LogP contribution in [0.1, 0.15) is 42.7 Å². The van der Waals surface area contributed by atoms with E-state index in [1.807, 2.05) is 24.3 Å². The van der Waals surface area contributed by atoms with Crippen molar-refractivity contribution in [3.8, 4) is 5.75 Å². The summed E-state index contributed by atoms with van der Waals surface area (Å²) in [4.78, 5) is 36.8. The van der Waals surface area contributed by atoms with Gasteiger partial charge in [0.25, 0.3) is 5.69 Å². The summed E-state index contributed by atoms with van der Waals surface area (Å²) in [6.07, 6.45) is 0.895. The third-order valence-corrected chi connectivity index (χ3v) is 6.26. The number of hydrogen-bond donors (Lipinski definition) is 1. The minimum Gasteiger partial charge on any atom is -0.497 e. The van der Waals surface area contributed by atoms with Crippen LogP contribution >= 0.6 is 0 Å². The Morgan fingerprint density at radius 3 is 2.24 bits per heavy atom. The van der Waals surface area contributed by atoms with E-state index < -0.39 is 16.8 Å². The number of carbonyl (C=O) groups excluding carboxylic acids is 2. The molecule has 1 aliphatic carbocycles. The molecule has 0 amide bonds. The van der Waals surface area contributed by atoms with Gasteiger partial charge in [0.05, 0.1) is 24.7 Å². The summed E-state index contributed by atoms with van der Waals surface area (Å²) in [5.74, 6) is -0.531. The summed E-state index contributed by atoms with van der Waals surface area (Å²) in [6, 6.07) is 13.6. The van der Waals surface area contributed by atoms with E-state index in [4.69, 9.17) is 9.47 Å². The SMILES string of the molecule is COC(=O)C1=C(C)NC2=C(C(=O)CC(c3ccc(OC)cc3)C2)C1c1ccc([N+](=O)[O-])cc1. The molecular formula is C25H24N2O6. The Bertz CT molecular complexity index is 1180. The number of Topliss-reactive ketones (excluding diaryl/α,β-unsaturated/α-hetero) is 1. The molecule has 0 aromatic heterocycles. The molecule has 4 rings (SSSR count). The van der Waals surface area contributed by atoms with E-state index in [1.54, 1.807) is 26.2 Å². The molecule has 1 heterocycles. The number of nitro groups is 1. The highest BCUT2D eigenvalue weighted by Gasteiger charge is 2.41. The summed E-state index contributed by atoms with van der Waals surface area (Å²) in [5.41, 5.74) is 3.82. The molecule has 170 valence electrons. The van der Waals surface area contributed by atoms with E-state index in [0.29, 0.717) is 35.2 Å². The van der Waals surface area contributed by atoms with Crippen molar-refractivity contribution in [3.63, 3.8) is 0 Å². The number of non-ortho nitro benzene ring substituents is 1. The van der Waals surface area contributed by atoms with Crippen LogP contribution in [0.15, 0.2) is 71.1 Å². The molecule has 0 saturated carbocycles. The number of esters is 1. The monoisotopic (exact) mass is 448 g/mol. The van der Waals surface area contributed by atoms with Crippen molar-refractivity contribution in [2.45, 2.75) is 31.6 Å². The van der Waals surface area contributed by atoms with E-state index in [0.717, 1.165) is 17.0 Å². The quantitative estimate of drug-likeness (QED) is 0.416. The van der Waals surface area contributed by atoms with E-state index in [1.165, 1.54) is 19.2 Å². The number of ketones is 1. The normalized spacial score (nSPS) is 20.2. The fourth-order valence-electron chi connectivity index (χ4n) is 4.65. The highest BCUT2D eigenvalue weighted by molar-refractivity contribution is 6.04. The zero-order valence-electron chi connectivity index (χ0n) is 18.6. The maximum absolute atomic E-state index is 13.5. The molecule has 1 N–H and O–H groups in total. The Morgan fingerprint density at radius 1 is 1.03 bits per heavy atom. The van der Waals surface area contributed by atoms with Crippen LogP contribution < -0.4 is 10.1 Å². The number of rotatable bonds is 5. The number of ether oxygens (including phenoxy) is 2. The first kappa shape index (κ1) is 22.3. The van der Waals surface area contributed by atoms with Gasteiger partial charge in [-0.15, -0.1) is 0 Å². The zero-order chi connectivity index (χ0) is 23.7. The van der Waals surface area contributed by atoms with Gasteiger partial charge < -0.3 is 14.8 Å². The molecule has 0 bridgehead atoms. The Kier molecular flexibility index (Phi) is 6.00. The Labute approximate surface area is 191 Å². The van der Waals surface area contributed by atoms with Crippen LogP contribution in [0.2, 0.25) is 0 Å². The number of nitrogens with zero attached hydrogens (tertiary/aromatic N) is 1. The van der Waals surface area contributed by atoms with Crippen LogP contribution in [0.4, 0.5) is 5.69 Å². The molecule has 8 heteroatoms. The first-order chi connectivity index (χ1) is 15.8. The van der Waals surface area contributed by atoms with E-state index in [9.17, 15) is 19.7 Å². The average molecular weight is 448 g/mol. The lowest BCUT2D eigenvalue weighted by molar-refractivity contribution is -0.384. The van der Waals surface area contributed by atoms with Crippen LogP contribution in [0, 0.1) is 10.1 Å². The third kappa shape index (κ3) is 4.11. The molecule has 0 fully saturated rings. The predicted molar refractivity (Wildman–Crippen MR) is 121 cm³/mol. The maximum Gasteiger partial charge on any atom is 0.336 e. The number of carbonyl (C=O) groups is 2. The number of nitro benzene ring substituents is 1. The van der Waals surface area contributed by atoms with Gasteiger partial charge in [0.2, 0.25) is 0 Å². The van der Waals surface area contributed by atoms with Crippen molar-refractivity contribution in [3.05, 3.63) is 92.3 Å². The standard InChI is InChI=1S/C25H24N2O6/c1-14-22(25(29)33-3)23(16-4-8-18(9-5-16)27(30)31)24-20(26-14)12-17(13-21(24)28)15-6-10-19(32-2)11-7-15/h4-11,17,23,26H,12-13H2,1-3H3. The maximum atomic E-state index is 13.5. The van der Waals surface area contributed by atoms with Crippen LogP contribution in [-0.2, 0) is 14.3 Å². The molecule has 2 atom stereocenters. The van der Waals surface area contributed by atoms with Gasteiger partial charge in [-0.2, -0.15) is 0 Å². The fourth-order valence-corrected chi connectivity index (χ4v) is 4.65. The predicted octanol–water partition coefficient (Wildman–Crippen LogP) is 4.14. The van der Waals surface area contributed by atoms with Crippen molar-refractivity contribution in [2.75, 3.05) is 14.2 Å². The van der Waals surface area contributed by atoms with Crippen molar-refractivity contribution in [1.29, 1.82) is 0 Å². The van der Waals surface area contributed by atoms with Gasteiger partial charge >= 0.3 is 5.97 Å². The fraction of sp³-hybridized carbons (Fsp3) is 0.280. The lowest BCUT2D eigenvalue weighted by Crippen LogP contribution is -2.36. The van der Waals surface area contributed by atoms with E-state index in [2.05, 4.69) is 5.32 Å². The molecular weight excluding hydrogens is 424 g/mol. The lowest BCUT2D eigenvalue weighted by Gasteiger charge is -2.36. The van der Waals surface area contributed by atoms with Gasteiger partial charge in [-0.05, 0) is 42.5 Å². The molecule has 2 aromatic carbocycles. The first-order valence-electron chi connectivity index (χ1n) is 10.5. The number of benzene rings is 2. The Morgan fingerprint density at radius 2 is 1.67 bits per heavy atom. The summed E-state index contributed by atoms with van der Waals surface area (Å²) in [7, 11) is 2.90. The molecule has 8 nitrogen and oxygen atoms in total. The first-order valence-corrected chi connectivity index (χ1v) is 10.5. The van der Waals surface area contributed by atoms with Crippen molar-refractivity contribution in [1.82, 2.24) is 5.32 Å². The smallest absolute Gasteiger partial charge is 0.336 e. The molecule has 1 aliphatic heterocycles. The minimum atomic E-state index is -0.654. The van der Waals surface area contributed by atoms with Gasteiger partial charge in [0, 0.05) is 41.4 Å². The highest BCUT2D eigenvalue weighted by Crippen LogP contribution is 2.46. The number of methoxy groups -OCH3 is 2. The van der Waals surface area contributed by atoms with E-state index >= 15 is 0 Å². The molecule has 2 aromatic rings. The molecule has 0 saturated heterocycles. The largest absolute Gasteiger partial charge is 0.497 e. The average Bonchev–Trinajstić information content (AvgIpc) is 2.82. The van der Waals surface area contributed by atoms with Gasteiger partial charge in [0.1, 0.15) is 5.75 Å². The van der Waals surface area contributed by atoms with Gasteiger partial charge in [-0.1, -0.05) is 24.3 Å². The summed E-state index contributed by atoms with van der Waals surface area (Å²) >= 11 is 0. The van der Waals surface area contributed by atoms with Crippen LogP contribution in [0.5, 0.6) is 5.75 Å². The molecule has 0 spiro atoms. The second-order valence-electron chi connectivity index (χ2n) is 8.13. The summed E-state index contributed by atoms with van der Waals surface area (Å²) < 4.78 is 10.2. The molecule has 2 aliphatic rings. The van der Waals surface area contributed by atoms with Crippen molar-refractivity contribution < 1.29 is 24.0 Å². The van der Waals surface area contributed by atoms with Crippen LogP contribution in [0.25, 0.3) is 0 Å². The number of hydrogen-bond acceptors (Lipinski definition) is 7. The summed E-state index contributed by atoms with van der Waals surface area (Å²) in [6.45, 7) is 1.77. The van der Waals surface area contributed by atoms with Gasteiger partial charge in [-0.25, -0.2) is 4.79 Å². The Balaban J connectivity index is 1.77. The molecule has 0 radical (unpaired) electrons. The van der Waals surface area contributed by atoms with Gasteiger partial charge in [0.15, 0.2) is 5.78 Å². The second-order valence-corrected chi connectivity index (χ2v) is 8.13. The molecule has 33 heavy (non-hydrogen) atoms. The third-order valence-electron chi connectivity index (χ3n) is 6.26. The van der Waals surface area contributed by atoms with Crippen molar-refractivity contribution in [2.24, 2.45) is 0 Å². The molecule has 2 unspecified atom stereocenters.